The average molecular weight is 415 g/mol. The number of benzene rings is 3. The van der Waals surface area contributed by atoms with E-state index in [1.54, 1.807) is 36.4 Å². The fourth-order valence-electron chi connectivity index (χ4n) is 4.13. The average Bonchev–Trinajstić information content (AvgIpc) is 2.85. The van der Waals surface area contributed by atoms with Gasteiger partial charge in [-0.05, 0) is 71.8 Å². The van der Waals surface area contributed by atoms with Crippen molar-refractivity contribution in [2.24, 2.45) is 0 Å². The minimum absolute atomic E-state index is 0.375. The Kier molecular flexibility index (Phi) is 6.46. The van der Waals surface area contributed by atoms with Crippen molar-refractivity contribution < 1.29 is 19.1 Å². The Morgan fingerprint density at radius 2 is 1.19 bits per heavy atom. The molecule has 31 heavy (non-hydrogen) atoms. The van der Waals surface area contributed by atoms with E-state index >= 15 is 0 Å². The SMILES string of the molecule is COC(=O)c1ccc(OC(=O)c2ccc(-c3ccc(C4CCCCC4)cc3)cc2)cc1. The maximum atomic E-state index is 12.4. The quantitative estimate of drug-likeness (QED) is 0.358. The molecule has 1 saturated carbocycles. The highest BCUT2D eigenvalue weighted by Gasteiger charge is 2.15. The van der Waals surface area contributed by atoms with Crippen molar-refractivity contribution in [3.63, 3.8) is 0 Å². The number of carbonyl (C=O) groups is 2. The fraction of sp³-hybridized carbons (Fsp3) is 0.259. The summed E-state index contributed by atoms with van der Waals surface area (Å²) in [4.78, 5) is 23.9. The van der Waals surface area contributed by atoms with Gasteiger partial charge in [-0.1, -0.05) is 55.7 Å². The van der Waals surface area contributed by atoms with Crippen molar-refractivity contribution in [1.29, 1.82) is 0 Å². The molecule has 0 spiro atoms. The number of rotatable bonds is 5. The molecule has 3 aromatic carbocycles. The molecule has 4 rings (SSSR count). The van der Waals surface area contributed by atoms with Crippen LogP contribution >= 0.6 is 0 Å². The summed E-state index contributed by atoms with van der Waals surface area (Å²) < 4.78 is 10.1. The van der Waals surface area contributed by atoms with E-state index in [4.69, 9.17) is 4.74 Å². The lowest BCUT2D eigenvalue weighted by Gasteiger charge is -2.22. The van der Waals surface area contributed by atoms with Gasteiger partial charge in [0.15, 0.2) is 0 Å². The lowest BCUT2D eigenvalue weighted by Crippen LogP contribution is -2.08. The number of carbonyl (C=O) groups excluding carboxylic acids is 2. The summed E-state index contributed by atoms with van der Waals surface area (Å²) in [7, 11) is 1.32. The van der Waals surface area contributed by atoms with Crippen LogP contribution in [0.15, 0.2) is 72.8 Å². The Bertz CT molecular complexity index is 1030. The molecular weight excluding hydrogens is 388 g/mol. The number of hydrogen-bond donors (Lipinski definition) is 0. The molecule has 0 amide bonds. The summed E-state index contributed by atoms with van der Waals surface area (Å²) in [6, 6.07) is 22.5. The van der Waals surface area contributed by atoms with Crippen LogP contribution in [0.2, 0.25) is 0 Å². The molecule has 0 heterocycles. The number of esters is 2. The van der Waals surface area contributed by atoms with Crippen molar-refractivity contribution in [3.8, 4) is 16.9 Å². The van der Waals surface area contributed by atoms with E-state index < -0.39 is 11.9 Å². The lowest BCUT2D eigenvalue weighted by atomic mass is 9.84. The summed E-state index contributed by atoms with van der Waals surface area (Å²) in [6.45, 7) is 0. The number of ether oxygens (including phenoxy) is 2. The molecule has 1 fully saturated rings. The first-order valence-electron chi connectivity index (χ1n) is 10.7. The molecule has 1 aliphatic carbocycles. The molecular formula is C27H26O4. The molecule has 0 aliphatic heterocycles. The first-order chi connectivity index (χ1) is 15.1. The van der Waals surface area contributed by atoms with Crippen LogP contribution < -0.4 is 4.74 Å². The van der Waals surface area contributed by atoms with Crippen LogP contribution in [0.1, 0.15) is 64.3 Å². The summed E-state index contributed by atoms with van der Waals surface area (Å²) >= 11 is 0. The molecule has 0 aromatic heterocycles. The summed E-state index contributed by atoms with van der Waals surface area (Å²) in [5.41, 5.74) is 4.51. The molecule has 0 saturated heterocycles. The third-order valence-electron chi connectivity index (χ3n) is 5.93. The summed E-state index contributed by atoms with van der Waals surface area (Å²) in [5, 5.41) is 0. The van der Waals surface area contributed by atoms with Crippen LogP contribution in [0.4, 0.5) is 0 Å². The highest BCUT2D eigenvalue weighted by molar-refractivity contribution is 5.92. The Labute approximate surface area is 182 Å². The van der Waals surface area contributed by atoms with Gasteiger partial charge < -0.3 is 9.47 Å². The molecule has 0 radical (unpaired) electrons. The van der Waals surface area contributed by atoms with Crippen molar-refractivity contribution >= 4 is 11.9 Å². The zero-order chi connectivity index (χ0) is 21.6. The first kappa shape index (κ1) is 20.9. The second-order valence-electron chi connectivity index (χ2n) is 7.94. The van der Waals surface area contributed by atoms with Gasteiger partial charge in [0.2, 0.25) is 0 Å². The van der Waals surface area contributed by atoms with Crippen molar-refractivity contribution in [2.45, 2.75) is 38.0 Å². The van der Waals surface area contributed by atoms with Crippen LogP contribution in [0, 0.1) is 0 Å². The van der Waals surface area contributed by atoms with E-state index in [1.807, 2.05) is 12.1 Å². The second kappa shape index (κ2) is 9.61. The van der Waals surface area contributed by atoms with Gasteiger partial charge >= 0.3 is 11.9 Å². The molecule has 4 heteroatoms. The van der Waals surface area contributed by atoms with Gasteiger partial charge in [0.05, 0.1) is 18.2 Å². The summed E-state index contributed by atoms with van der Waals surface area (Å²) in [6.07, 6.45) is 6.62. The highest BCUT2D eigenvalue weighted by atomic mass is 16.5. The van der Waals surface area contributed by atoms with E-state index in [0.717, 1.165) is 11.1 Å². The molecule has 0 bridgehead atoms. The molecule has 0 N–H and O–H groups in total. The predicted octanol–water partition coefficient (Wildman–Crippen LogP) is 6.41. The highest BCUT2D eigenvalue weighted by Crippen LogP contribution is 2.33. The fourth-order valence-corrected chi connectivity index (χ4v) is 4.13. The Balaban J connectivity index is 1.40. The van der Waals surface area contributed by atoms with Gasteiger partial charge in [-0.3, -0.25) is 0 Å². The van der Waals surface area contributed by atoms with E-state index in [0.29, 0.717) is 22.8 Å². The van der Waals surface area contributed by atoms with Crippen molar-refractivity contribution in [3.05, 3.63) is 89.5 Å². The predicted molar refractivity (Wildman–Crippen MR) is 120 cm³/mol. The van der Waals surface area contributed by atoms with Gasteiger partial charge in [-0.2, -0.15) is 0 Å². The van der Waals surface area contributed by atoms with Gasteiger partial charge in [0, 0.05) is 0 Å². The molecule has 158 valence electrons. The molecule has 4 nitrogen and oxygen atoms in total. The smallest absolute Gasteiger partial charge is 0.343 e. The Hall–Kier alpha value is -3.40. The Morgan fingerprint density at radius 1 is 0.677 bits per heavy atom. The van der Waals surface area contributed by atoms with Gasteiger partial charge in [-0.25, -0.2) is 9.59 Å². The minimum atomic E-state index is -0.440. The zero-order valence-electron chi connectivity index (χ0n) is 17.7. The third kappa shape index (κ3) is 5.02. The van der Waals surface area contributed by atoms with Crippen LogP contribution in [-0.4, -0.2) is 19.0 Å². The van der Waals surface area contributed by atoms with Crippen LogP contribution in [-0.2, 0) is 4.74 Å². The van der Waals surface area contributed by atoms with Gasteiger partial charge in [0.1, 0.15) is 5.75 Å². The number of methoxy groups -OCH3 is 1. The molecule has 1 aliphatic rings. The van der Waals surface area contributed by atoms with E-state index in [2.05, 4.69) is 29.0 Å². The minimum Gasteiger partial charge on any atom is -0.465 e. The van der Waals surface area contributed by atoms with Crippen LogP contribution in [0.25, 0.3) is 11.1 Å². The van der Waals surface area contributed by atoms with Crippen molar-refractivity contribution in [1.82, 2.24) is 0 Å². The van der Waals surface area contributed by atoms with Crippen LogP contribution in [0.5, 0.6) is 5.75 Å². The van der Waals surface area contributed by atoms with E-state index in [1.165, 1.54) is 44.8 Å². The third-order valence-corrected chi connectivity index (χ3v) is 5.93. The maximum absolute atomic E-state index is 12.4. The lowest BCUT2D eigenvalue weighted by molar-refractivity contribution is 0.0600. The first-order valence-corrected chi connectivity index (χ1v) is 10.7. The standard InChI is InChI=1S/C27H26O4/c1-30-26(28)23-15-17-25(18-16-23)31-27(29)24-13-11-22(12-14-24)21-9-7-20(8-10-21)19-5-3-2-4-6-19/h7-19H,2-6H2,1H3. The van der Waals surface area contributed by atoms with E-state index in [9.17, 15) is 9.59 Å². The van der Waals surface area contributed by atoms with Gasteiger partial charge in [-0.15, -0.1) is 0 Å². The normalized spacial score (nSPS) is 14.1. The Morgan fingerprint density at radius 3 is 1.77 bits per heavy atom. The van der Waals surface area contributed by atoms with Crippen LogP contribution in [0.3, 0.4) is 0 Å². The van der Waals surface area contributed by atoms with E-state index in [-0.39, 0.29) is 0 Å². The molecule has 0 unspecified atom stereocenters. The monoisotopic (exact) mass is 414 g/mol. The largest absolute Gasteiger partial charge is 0.465 e. The summed E-state index contributed by atoms with van der Waals surface area (Å²) in [5.74, 6) is 0.201. The van der Waals surface area contributed by atoms with Gasteiger partial charge in [0.25, 0.3) is 0 Å². The number of hydrogen-bond acceptors (Lipinski definition) is 4. The second-order valence-corrected chi connectivity index (χ2v) is 7.94. The van der Waals surface area contributed by atoms with Crippen molar-refractivity contribution in [2.75, 3.05) is 7.11 Å². The zero-order valence-corrected chi connectivity index (χ0v) is 17.7. The topological polar surface area (TPSA) is 52.6 Å². The maximum Gasteiger partial charge on any atom is 0.343 e. The molecule has 3 aromatic rings. The molecule has 0 atom stereocenters.